The van der Waals surface area contributed by atoms with E-state index in [4.69, 9.17) is 10.7 Å². The molecule has 3 aromatic rings. The predicted molar refractivity (Wildman–Crippen MR) is 122 cm³/mol. The van der Waals surface area contributed by atoms with Crippen molar-refractivity contribution >= 4 is 32.9 Å². The van der Waals surface area contributed by atoms with Crippen LogP contribution in [0.2, 0.25) is 0 Å². The summed E-state index contributed by atoms with van der Waals surface area (Å²) in [7, 11) is 0. The summed E-state index contributed by atoms with van der Waals surface area (Å²) in [5.74, 6) is 2.33. The lowest BCUT2D eigenvalue weighted by Crippen LogP contribution is -2.30. The van der Waals surface area contributed by atoms with E-state index >= 15 is 0 Å². The van der Waals surface area contributed by atoms with Gasteiger partial charge in [-0.2, -0.15) is 0 Å². The number of hydrogen-bond donors (Lipinski definition) is 1. The number of aromatic nitrogens is 2. The highest BCUT2D eigenvalue weighted by Gasteiger charge is 2.23. The smallest absolute Gasteiger partial charge is 0.136 e. The van der Waals surface area contributed by atoms with Crippen molar-refractivity contribution in [1.82, 2.24) is 14.9 Å². The Hall–Kier alpha value is -2.24. The number of nitrogens with zero attached hydrogens (tertiary/aromatic N) is 3. The summed E-state index contributed by atoms with van der Waals surface area (Å²) in [6.07, 6.45) is 7.84. The number of hydrogen-bond acceptors (Lipinski definition) is 5. The molecule has 0 radical (unpaired) electrons. The number of aryl methyl sites for hydroxylation is 1. The minimum Gasteiger partial charge on any atom is -0.383 e. The summed E-state index contributed by atoms with van der Waals surface area (Å²) in [6, 6.07) is 10.7. The fraction of sp³-hybridized carbons (Fsp3) is 0.417. The Morgan fingerprint density at radius 1 is 1.17 bits per heavy atom. The zero-order chi connectivity index (χ0) is 19.8. The Morgan fingerprint density at radius 3 is 2.83 bits per heavy atom. The average molecular weight is 405 g/mol. The third-order valence-electron chi connectivity index (χ3n) is 6.32. The van der Waals surface area contributed by atoms with Gasteiger partial charge in [0, 0.05) is 30.9 Å². The Kier molecular flexibility index (Phi) is 5.10. The molecule has 1 atom stereocenters. The normalized spacial score (nSPS) is 19.9. The van der Waals surface area contributed by atoms with Gasteiger partial charge in [-0.1, -0.05) is 43.3 Å². The van der Waals surface area contributed by atoms with Crippen molar-refractivity contribution in [2.75, 3.05) is 25.4 Å². The van der Waals surface area contributed by atoms with E-state index in [0.717, 1.165) is 67.3 Å². The van der Waals surface area contributed by atoms with Gasteiger partial charge in [-0.05, 0) is 48.3 Å². The molecule has 0 saturated carbocycles. The topological polar surface area (TPSA) is 55.0 Å². The van der Waals surface area contributed by atoms with Crippen molar-refractivity contribution < 1.29 is 0 Å². The number of rotatable bonds is 4. The second-order valence-electron chi connectivity index (χ2n) is 8.45. The molecule has 0 bridgehead atoms. The van der Waals surface area contributed by atoms with Gasteiger partial charge in [-0.25, -0.2) is 9.97 Å². The van der Waals surface area contributed by atoms with Crippen LogP contribution in [0.4, 0.5) is 5.82 Å². The standard InChI is InChI=1S/C24H28N4S/c1-16-7-8-19-20(15-16)29-24-22(19)23(25)26-21(27-24)11-14-28-12-9-18(10-13-28)17-5-3-2-4-6-17/h2-6,9,16H,7-8,10-15H2,1H3,(H2,25,26,27)/t16-/m0/s1. The van der Waals surface area contributed by atoms with E-state index in [0.29, 0.717) is 5.82 Å². The molecule has 29 heavy (non-hydrogen) atoms. The van der Waals surface area contributed by atoms with Crippen LogP contribution >= 0.6 is 11.3 Å². The molecule has 0 unspecified atom stereocenters. The highest BCUT2D eigenvalue weighted by atomic mass is 32.1. The third-order valence-corrected chi connectivity index (χ3v) is 7.47. The molecule has 5 rings (SSSR count). The first-order valence-corrected chi connectivity index (χ1v) is 11.5. The van der Waals surface area contributed by atoms with Crippen molar-refractivity contribution in [3.05, 3.63) is 58.2 Å². The van der Waals surface area contributed by atoms with Crippen LogP contribution in [0, 0.1) is 5.92 Å². The molecule has 0 saturated heterocycles. The van der Waals surface area contributed by atoms with Crippen LogP contribution in [-0.4, -0.2) is 34.5 Å². The largest absolute Gasteiger partial charge is 0.383 e. The van der Waals surface area contributed by atoms with Crippen LogP contribution in [0.3, 0.4) is 0 Å². The molecule has 2 aliphatic rings. The van der Waals surface area contributed by atoms with E-state index in [9.17, 15) is 0 Å². The van der Waals surface area contributed by atoms with Gasteiger partial charge in [0.1, 0.15) is 16.5 Å². The molecule has 1 aliphatic carbocycles. The van der Waals surface area contributed by atoms with Gasteiger partial charge >= 0.3 is 0 Å². The van der Waals surface area contributed by atoms with Crippen LogP contribution in [0.15, 0.2) is 36.4 Å². The molecule has 3 heterocycles. The second kappa shape index (κ2) is 7.88. The van der Waals surface area contributed by atoms with Gasteiger partial charge in [-0.15, -0.1) is 11.3 Å². The Morgan fingerprint density at radius 2 is 2.03 bits per heavy atom. The van der Waals surface area contributed by atoms with Crippen molar-refractivity contribution in [3.63, 3.8) is 0 Å². The number of nitrogens with two attached hydrogens (primary N) is 1. The fourth-order valence-electron chi connectivity index (χ4n) is 4.62. The van der Waals surface area contributed by atoms with Crippen molar-refractivity contribution in [1.29, 1.82) is 0 Å². The maximum atomic E-state index is 6.38. The Bertz CT molecular complexity index is 1050. The van der Waals surface area contributed by atoms with E-state index in [1.165, 1.54) is 28.0 Å². The molecule has 0 fully saturated rings. The predicted octanol–water partition coefficient (Wildman–Crippen LogP) is 4.73. The van der Waals surface area contributed by atoms with E-state index in [1.807, 2.05) is 11.3 Å². The number of thiophene rings is 1. The third kappa shape index (κ3) is 3.81. The summed E-state index contributed by atoms with van der Waals surface area (Å²) >= 11 is 1.84. The number of fused-ring (bicyclic) bond motifs is 3. The summed E-state index contributed by atoms with van der Waals surface area (Å²) in [5, 5.41) is 1.13. The van der Waals surface area contributed by atoms with E-state index in [2.05, 4.69) is 53.2 Å². The maximum absolute atomic E-state index is 6.38. The summed E-state index contributed by atoms with van der Waals surface area (Å²) in [4.78, 5) is 14.6. The lowest BCUT2D eigenvalue weighted by molar-refractivity contribution is 0.304. The summed E-state index contributed by atoms with van der Waals surface area (Å²) in [5.41, 5.74) is 10.6. The van der Waals surface area contributed by atoms with E-state index < -0.39 is 0 Å². The van der Waals surface area contributed by atoms with Gasteiger partial charge in [0.05, 0.1) is 5.39 Å². The van der Waals surface area contributed by atoms with Gasteiger partial charge in [0.15, 0.2) is 0 Å². The van der Waals surface area contributed by atoms with Crippen LogP contribution in [0.1, 0.15) is 41.6 Å². The fourth-order valence-corrected chi connectivity index (χ4v) is 6.02. The highest BCUT2D eigenvalue weighted by Crippen LogP contribution is 2.39. The lowest BCUT2D eigenvalue weighted by atomic mass is 9.89. The van der Waals surface area contributed by atoms with E-state index in [1.54, 1.807) is 0 Å². The first kappa shape index (κ1) is 18.8. The van der Waals surface area contributed by atoms with Crippen LogP contribution in [0.5, 0.6) is 0 Å². The molecule has 150 valence electrons. The SMILES string of the molecule is C[C@H]1CCc2c(sc3nc(CCN4CC=C(c5ccccc5)CC4)nc(N)c23)C1. The molecule has 2 aromatic heterocycles. The molecule has 0 spiro atoms. The van der Waals surface area contributed by atoms with Crippen LogP contribution < -0.4 is 5.73 Å². The average Bonchev–Trinajstić information content (AvgIpc) is 3.11. The Balaban J connectivity index is 1.27. The van der Waals surface area contributed by atoms with E-state index in [-0.39, 0.29) is 0 Å². The first-order chi connectivity index (χ1) is 14.2. The first-order valence-electron chi connectivity index (χ1n) is 10.7. The quantitative estimate of drug-likeness (QED) is 0.683. The molecular weight excluding hydrogens is 376 g/mol. The van der Waals surface area contributed by atoms with Crippen LogP contribution in [-0.2, 0) is 19.3 Å². The van der Waals surface area contributed by atoms with Crippen molar-refractivity contribution in [2.45, 2.75) is 39.0 Å². The molecule has 4 nitrogen and oxygen atoms in total. The number of benzene rings is 1. The lowest BCUT2D eigenvalue weighted by Gasteiger charge is -2.26. The summed E-state index contributed by atoms with van der Waals surface area (Å²) < 4.78 is 0. The second-order valence-corrected chi connectivity index (χ2v) is 9.54. The maximum Gasteiger partial charge on any atom is 0.136 e. The minimum atomic E-state index is 0.682. The highest BCUT2D eigenvalue weighted by molar-refractivity contribution is 7.19. The molecule has 1 aromatic carbocycles. The molecule has 1 aliphatic heterocycles. The van der Waals surface area contributed by atoms with Gasteiger partial charge in [-0.3, -0.25) is 4.90 Å². The summed E-state index contributed by atoms with van der Waals surface area (Å²) in [6.45, 7) is 5.40. The minimum absolute atomic E-state index is 0.682. The molecule has 0 amide bonds. The monoisotopic (exact) mass is 404 g/mol. The zero-order valence-electron chi connectivity index (χ0n) is 17.0. The zero-order valence-corrected chi connectivity index (χ0v) is 17.8. The van der Waals surface area contributed by atoms with Gasteiger partial charge in [0.2, 0.25) is 0 Å². The van der Waals surface area contributed by atoms with Crippen molar-refractivity contribution in [3.8, 4) is 0 Å². The number of anilines is 1. The molecule has 2 N–H and O–H groups in total. The van der Waals surface area contributed by atoms with Crippen molar-refractivity contribution in [2.24, 2.45) is 5.92 Å². The molecular formula is C24H28N4S. The van der Waals surface area contributed by atoms with Gasteiger partial charge in [0.25, 0.3) is 0 Å². The Labute approximate surface area is 176 Å². The number of nitrogen functional groups attached to an aromatic ring is 1. The molecule has 5 heteroatoms. The van der Waals surface area contributed by atoms with Gasteiger partial charge < -0.3 is 5.73 Å². The van der Waals surface area contributed by atoms with Crippen LogP contribution in [0.25, 0.3) is 15.8 Å².